The molecule has 0 unspecified atom stereocenters. The van der Waals surface area contributed by atoms with E-state index in [0.717, 1.165) is 33.5 Å². The van der Waals surface area contributed by atoms with Crippen molar-refractivity contribution in [3.63, 3.8) is 0 Å². The van der Waals surface area contributed by atoms with Crippen LogP contribution in [-0.2, 0) is 6.42 Å². The molecule has 0 aliphatic carbocycles. The minimum absolute atomic E-state index is 0.590. The maximum atomic E-state index is 6.01. The zero-order chi connectivity index (χ0) is 13.8. The molecule has 100 valence electrons. The van der Waals surface area contributed by atoms with Gasteiger partial charge in [-0.3, -0.25) is 0 Å². The van der Waals surface area contributed by atoms with Crippen molar-refractivity contribution in [3.05, 3.63) is 57.0 Å². The van der Waals surface area contributed by atoms with Gasteiger partial charge in [0.1, 0.15) is 11.5 Å². The van der Waals surface area contributed by atoms with Crippen molar-refractivity contribution in [1.29, 1.82) is 0 Å². The van der Waals surface area contributed by atoms with Gasteiger partial charge in [-0.1, -0.05) is 39.7 Å². The van der Waals surface area contributed by atoms with E-state index in [0.29, 0.717) is 11.6 Å². The van der Waals surface area contributed by atoms with Gasteiger partial charge in [0.25, 0.3) is 0 Å². The highest BCUT2D eigenvalue weighted by atomic mass is 79.9. The first-order valence-corrected chi connectivity index (χ1v) is 7.20. The molecule has 0 amide bonds. The van der Waals surface area contributed by atoms with Gasteiger partial charge in [0.2, 0.25) is 0 Å². The van der Waals surface area contributed by atoms with Crippen LogP contribution >= 0.6 is 27.5 Å². The van der Waals surface area contributed by atoms with Gasteiger partial charge in [-0.2, -0.15) is 0 Å². The molecule has 0 aliphatic heterocycles. The third kappa shape index (κ3) is 3.72. The summed E-state index contributed by atoms with van der Waals surface area (Å²) in [4.78, 5) is 0. The van der Waals surface area contributed by atoms with Crippen LogP contribution in [0, 0.1) is 6.92 Å². The highest BCUT2D eigenvalue weighted by Crippen LogP contribution is 2.32. The standard InChI is InChI=1S/C15H15BrClNO/c1-10-2-5-13(17)9-14(10)19-15-8-12(16)4-3-11(15)6-7-18/h2-5,8-9H,6-7,18H2,1H3. The second-order valence-electron chi connectivity index (χ2n) is 4.30. The van der Waals surface area contributed by atoms with Crippen molar-refractivity contribution in [3.8, 4) is 11.5 Å². The van der Waals surface area contributed by atoms with Gasteiger partial charge in [0.05, 0.1) is 0 Å². The number of halogens is 2. The fourth-order valence-electron chi connectivity index (χ4n) is 1.79. The Labute approximate surface area is 126 Å². The molecule has 4 heteroatoms. The van der Waals surface area contributed by atoms with E-state index >= 15 is 0 Å². The number of nitrogens with two attached hydrogens (primary N) is 1. The molecule has 0 aliphatic rings. The fourth-order valence-corrected chi connectivity index (χ4v) is 2.29. The quantitative estimate of drug-likeness (QED) is 0.875. The van der Waals surface area contributed by atoms with Crippen LogP contribution in [0.3, 0.4) is 0 Å². The van der Waals surface area contributed by atoms with Gasteiger partial charge >= 0.3 is 0 Å². The summed E-state index contributed by atoms with van der Waals surface area (Å²) < 4.78 is 6.96. The molecule has 0 bridgehead atoms. The van der Waals surface area contributed by atoms with Gasteiger partial charge < -0.3 is 10.5 Å². The van der Waals surface area contributed by atoms with Gasteiger partial charge in [0, 0.05) is 9.50 Å². The molecule has 2 rings (SSSR count). The minimum atomic E-state index is 0.590. The maximum absolute atomic E-state index is 6.01. The normalized spacial score (nSPS) is 10.5. The lowest BCUT2D eigenvalue weighted by molar-refractivity contribution is 0.472. The van der Waals surface area contributed by atoms with Crippen LogP contribution < -0.4 is 10.5 Å². The molecule has 0 saturated heterocycles. The molecule has 0 fully saturated rings. The first-order chi connectivity index (χ1) is 9.10. The number of hydrogen-bond donors (Lipinski definition) is 1. The van der Waals surface area contributed by atoms with E-state index < -0.39 is 0 Å². The molecule has 2 aromatic rings. The molecule has 2 aromatic carbocycles. The average molecular weight is 341 g/mol. The van der Waals surface area contributed by atoms with Crippen molar-refractivity contribution >= 4 is 27.5 Å². The highest BCUT2D eigenvalue weighted by molar-refractivity contribution is 9.10. The minimum Gasteiger partial charge on any atom is -0.457 e. The number of aryl methyl sites for hydroxylation is 1. The maximum Gasteiger partial charge on any atom is 0.131 e. The Hall–Kier alpha value is -1.03. The lowest BCUT2D eigenvalue weighted by Crippen LogP contribution is -2.04. The first-order valence-electron chi connectivity index (χ1n) is 6.02. The fraction of sp³-hybridized carbons (Fsp3) is 0.200. The van der Waals surface area contributed by atoms with Gasteiger partial charge in [0.15, 0.2) is 0 Å². The Morgan fingerprint density at radius 2 is 1.95 bits per heavy atom. The molecular formula is C15H15BrClNO. The predicted molar refractivity (Wildman–Crippen MR) is 83.2 cm³/mol. The van der Waals surface area contributed by atoms with Crippen LogP contribution in [0.2, 0.25) is 5.02 Å². The Balaban J connectivity index is 2.36. The molecule has 2 N–H and O–H groups in total. The van der Waals surface area contributed by atoms with E-state index in [1.165, 1.54) is 0 Å². The number of hydrogen-bond acceptors (Lipinski definition) is 2. The summed E-state index contributed by atoms with van der Waals surface area (Å²) in [5, 5.41) is 0.663. The van der Waals surface area contributed by atoms with Crippen LogP contribution in [0.25, 0.3) is 0 Å². The van der Waals surface area contributed by atoms with Crippen molar-refractivity contribution in [2.45, 2.75) is 13.3 Å². The predicted octanol–water partition coefficient (Wildman–Crippen LogP) is 4.70. The summed E-state index contributed by atoms with van der Waals surface area (Å²) in [5.74, 6) is 1.58. The van der Waals surface area contributed by atoms with Crippen LogP contribution in [-0.4, -0.2) is 6.54 Å². The summed E-state index contributed by atoms with van der Waals surface area (Å²) in [7, 11) is 0. The molecule has 2 nitrogen and oxygen atoms in total. The monoisotopic (exact) mass is 339 g/mol. The Kier molecular flexibility index (Phi) is 4.86. The molecule has 0 heterocycles. The molecular weight excluding hydrogens is 326 g/mol. The van der Waals surface area contributed by atoms with Crippen LogP contribution in [0.15, 0.2) is 40.9 Å². The van der Waals surface area contributed by atoms with Crippen molar-refractivity contribution in [1.82, 2.24) is 0 Å². The smallest absolute Gasteiger partial charge is 0.131 e. The lowest BCUT2D eigenvalue weighted by Gasteiger charge is -2.13. The second-order valence-corrected chi connectivity index (χ2v) is 5.65. The second kappa shape index (κ2) is 6.42. The van der Waals surface area contributed by atoms with Crippen LogP contribution in [0.4, 0.5) is 0 Å². The highest BCUT2D eigenvalue weighted by Gasteiger charge is 2.08. The summed E-state index contributed by atoms with van der Waals surface area (Å²) in [6, 6.07) is 11.6. The summed E-state index contributed by atoms with van der Waals surface area (Å²) in [6.45, 7) is 2.58. The molecule has 0 aromatic heterocycles. The van der Waals surface area contributed by atoms with E-state index in [1.807, 2.05) is 43.3 Å². The van der Waals surface area contributed by atoms with Crippen LogP contribution in [0.5, 0.6) is 11.5 Å². The molecule has 0 radical (unpaired) electrons. The van der Waals surface area contributed by atoms with E-state index in [-0.39, 0.29) is 0 Å². The van der Waals surface area contributed by atoms with Crippen molar-refractivity contribution in [2.75, 3.05) is 6.54 Å². The summed E-state index contributed by atoms with van der Waals surface area (Å²) >= 11 is 9.46. The number of benzene rings is 2. The van der Waals surface area contributed by atoms with E-state index in [1.54, 1.807) is 0 Å². The van der Waals surface area contributed by atoms with Crippen LogP contribution in [0.1, 0.15) is 11.1 Å². The average Bonchev–Trinajstić information content (AvgIpc) is 2.37. The third-order valence-electron chi connectivity index (χ3n) is 2.81. The first kappa shape index (κ1) is 14.4. The van der Waals surface area contributed by atoms with E-state index in [9.17, 15) is 0 Å². The van der Waals surface area contributed by atoms with Crippen molar-refractivity contribution < 1.29 is 4.74 Å². The summed E-state index contributed by atoms with van der Waals surface area (Å²) in [5.41, 5.74) is 7.76. The largest absolute Gasteiger partial charge is 0.457 e. The Bertz CT molecular complexity index is 586. The van der Waals surface area contributed by atoms with Crippen molar-refractivity contribution in [2.24, 2.45) is 5.73 Å². The molecule has 0 saturated carbocycles. The topological polar surface area (TPSA) is 35.2 Å². The van der Waals surface area contributed by atoms with E-state index in [2.05, 4.69) is 15.9 Å². The molecule has 0 spiro atoms. The molecule has 0 atom stereocenters. The summed E-state index contributed by atoms with van der Waals surface area (Å²) in [6.07, 6.45) is 0.780. The van der Waals surface area contributed by atoms with Gasteiger partial charge in [-0.15, -0.1) is 0 Å². The van der Waals surface area contributed by atoms with E-state index in [4.69, 9.17) is 22.1 Å². The lowest BCUT2D eigenvalue weighted by atomic mass is 10.1. The number of ether oxygens (including phenoxy) is 1. The Morgan fingerprint density at radius 1 is 1.16 bits per heavy atom. The molecule has 19 heavy (non-hydrogen) atoms. The zero-order valence-corrected chi connectivity index (χ0v) is 13.0. The Morgan fingerprint density at radius 3 is 2.68 bits per heavy atom. The van der Waals surface area contributed by atoms with Gasteiger partial charge in [-0.05, 0) is 55.3 Å². The van der Waals surface area contributed by atoms with Gasteiger partial charge in [-0.25, -0.2) is 0 Å². The third-order valence-corrected chi connectivity index (χ3v) is 3.54. The zero-order valence-electron chi connectivity index (χ0n) is 10.6. The number of rotatable bonds is 4. The SMILES string of the molecule is Cc1ccc(Cl)cc1Oc1cc(Br)ccc1CCN.